The van der Waals surface area contributed by atoms with Crippen LogP contribution in [0.3, 0.4) is 0 Å². The summed E-state index contributed by atoms with van der Waals surface area (Å²) in [6.45, 7) is 18.0. The molecule has 0 atom stereocenters. The standard InChI is InChI=1S/C21H25.C9H13.2ClH.Zr/c1-20(2,3)16-7-9-18-14(12-16)11-15-13-17(21(4,5)6)8-10-19(15)18;1-3-8-6-5-7-9(8)4-2;;;/h7-10,12H,11H2,1-6H3;6H,3-5H2,1-2H3;2*1H;/q2*-1;;;+4/p-2. The maximum absolute atomic E-state index is 3.67. The van der Waals surface area contributed by atoms with Gasteiger partial charge in [0.25, 0.3) is 0 Å². The third kappa shape index (κ3) is 7.68. The van der Waals surface area contributed by atoms with Crippen LogP contribution in [0.1, 0.15) is 96.9 Å². The number of fused-ring (bicyclic) bond motifs is 3. The molecule has 0 unspecified atom stereocenters. The fraction of sp³-hybridized carbons (Fsp3) is 0.467. The number of benzene rings is 2. The zero-order valence-corrected chi connectivity index (χ0v) is 25.5. The molecule has 2 aromatic rings. The van der Waals surface area contributed by atoms with Crippen molar-refractivity contribution in [1.82, 2.24) is 0 Å². The van der Waals surface area contributed by atoms with Crippen LogP contribution in [0, 0.1) is 12.1 Å². The van der Waals surface area contributed by atoms with Crippen molar-refractivity contribution in [3.63, 3.8) is 0 Å². The second-order valence-electron chi connectivity index (χ2n) is 10.6. The molecule has 4 rings (SSSR count). The zero-order chi connectivity index (χ0) is 22.1. The van der Waals surface area contributed by atoms with Crippen molar-refractivity contribution in [2.24, 2.45) is 0 Å². The van der Waals surface area contributed by atoms with Crippen LogP contribution in [0.4, 0.5) is 0 Å². The third-order valence-electron chi connectivity index (χ3n) is 6.25. The smallest absolute Gasteiger partial charge is 1.00 e. The molecule has 176 valence electrons. The predicted octanol–water partition coefficient (Wildman–Crippen LogP) is 2.52. The number of halogens is 2. The molecule has 33 heavy (non-hydrogen) atoms. The van der Waals surface area contributed by atoms with Crippen LogP contribution in [0.25, 0.3) is 11.1 Å². The number of rotatable bonds is 2. The van der Waals surface area contributed by atoms with Crippen molar-refractivity contribution in [1.29, 1.82) is 0 Å². The summed E-state index contributed by atoms with van der Waals surface area (Å²) < 4.78 is 0. The topological polar surface area (TPSA) is 0 Å². The largest absolute Gasteiger partial charge is 4.00 e. The minimum absolute atomic E-state index is 0. The predicted molar refractivity (Wildman–Crippen MR) is 131 cm³/mol. The normalized spacial score (nSPS) is 13.7. The van der Waals surface area contributed by atoms with Gasteiger partial charge in [-0.3, -0.25) is 6.08 Å². The molecule has 0 amide bonds. The number of hydrogen-bond donors (Lipinski definition) is 0. The summed E-state index contributed by atoms with van der Waals surface area (Å²) in [4.78, 5) is 0. The molecule has 2 aliphatic rings. The van der Waals surface area contributed by atoms with Gasteiger partial charge in [0.2, 0.25) is 0 Å². The van der Waals surface area contributed by atoms with Gasteiger partial charge in [0.15, 0.2) is 0 Å². The van der Waals surface area contributed by atoms with Gasteiger partial charge in [-0.1, -0.05) is 92.0 Å². The van der Waals surface area contributed by atoms with E-state index in [2.05, 4.69) is 104 Å². The molecule has 0 nitrogen and oxygen atoms in total. The molecule has 0 N–H and O–H groups in total. The van der Waals surface area contributed by atoms with E-state index in [1.165, 1.54) is 50.9 Å². The van der Waals surface area contributed by atoms with Gasteiger partial charge in [-0.2, -0.15) is 35.4 Å². The molecule has 0 bridgehead atoms. The first kappa shape index (κ1) is 32.4. The summed E-state index contributed by atoms with van der Waals surface area (Å²) in [6, 6.07) is 15.2. The average Bonchev–Trinajstić information content (AvgIpc) is 3.29. The van der Waals surface area contributed by atoms with Gasteiger partial charge in [0.1, 0.15) is 0 Å². The molecular weight excluding hydrogens is 522 g/mol. The maximum Gasteiger partial charge on any atom is 4.00 e. The van der Waals surface area contributed by atoms with E-state index < -0.39 is 0 Å². The number of allylic oxidation sites excluding steroid dienone is 4. The summed E-state index contributed by atoms with van der Waals surface area (Å²) in [6.07, 6.45) is 10.0. The van der Waals surface area contributed by atoms with E-state index in [9.17, 15) is 0 Å². The molecule has 0 aliphatic heterocycles. The third-order valence-corrected chi connectivity index (χ3v) is 6.25. The Bertz CT molecular complexity index is 906. The van der Waals surface area contributed by atoms with Gasteiger partial charge < -0.3 is 24.8 Å². The number of hydrogen-bond acceptors (Lipinski definition) is 0. The Morgan fingerprint density at radius 2 is 1.45 bits per heavy atom. The second-order valence-corrected chi connectivity index (χ2v) is 10.6. The minimum atomic E-state index is 0. The Morgan fingerprint density at radius 1 is 0.818 bits per heavy atom. The van der Waals surface area contributed by atoms with E-state index >= 15 is 0 Å². The Morgan fingerprint density at radius 3 is 1.97 bits per heavy atom. The van der Waals surface area contributed by atoms with Crippen LogP contribution < -0.4 is 24.8 Å². The Balaban J connectivity index is 0.000000733. The molecule has 0 heterocycles. The van der Waals surface area contributed by atoms with Crippen molar-refractivity contribution in [2.45, 2.75) is 91.9 Å². The van der Waals surface area contributed by atoms with Gasteiger partial charge in [0.05, 0.1) is 0 Å². The Labute approximate surface area is 234 Å². The van der Waals surface area contributed by atoms with Gasteiger partial charge in [-0.05, 0) is 28.4 Å². The molecule has 3 heteroatoms. The van der Waals surface area contributed by atoms with E-state index in [1.807, 2.05) is 0 Å². The van der Waals surface area contributed by atoms with E-state index in [-0.39, 0.29) is 61.8 Å². The summed E-state index contributed by atoms with van der Waals surface area (Å²) >= 11 is 0. The minimum Gasteiger partial charge on any atom is -1.00 e. The van der Waals surface area contributed by atoms with E-state index in [0.29, 0.717) is 0 Å². The molecule has 0 aromatic heterocycles. The van der Waals surface area contributed by atoms with Crippen LogP contribution >= 0.6 is 0 Å². The summed E-state index contributed by atoms with van der Waals surface area (Å²) in [5, 5.41) is 0. The Kier molecular flexibility index (Phi) is 12.7. The summed E-state index contributed by atoms with van der Waals surface area (Å²) in [7, 11) is 0. The van der Waals surface area contributed by atoms with Crippen LogP contribution in [0.15, 0.2) is 47.6 Å². The van der Waals surface area contributed by atoms with Crippen molar-refractivity contribution in [3.05, 3.63) is 82.0 Å². The SMILES string of the molecule is CC(C)(C)c1[c-]c2c(cc1)-c1ccc(C(C)(C)C)cc1C2.CCC1=[C-]CC=C1CC.[Cl-].[Cl-].[Zr+4]. The van der Waals surface area contributed by atoms with Crippen LogP contribution in [-0.4, -0.2) is 0 Å². The molecule has 0 saturated heterocycles. The van der Waals surface area contributed by atoms with E-state index in [4.69, 9.17) is 0 Å². The second kappa shape index (κ2) is 12.9. The first-order chi connectivity index (χ1) is 14.0. The van der Waals surface area contributed by atoms with Gasteiger partial charge >= 0.3 is 26.2 Å². The average molecular weight is 561 g/mol. The molecular formula is C30H38Cl2Zr. The van der Waals surface area contributed by atoms with E-state index in [0.717, 1.165) is 19.3 Å². The quantitative estimate of drug-likeness (QED) is 0.423. The van der Waals surface area contributed by atoms with Crippen molar-refractivity contribution < 1.29 is 51.0 Å². The van der Waals surface area contributed by atoms with Gasteiger partial charge in [-0.25, -0.2) is 5.57 Å². The van der Waals surface area contributed by atoms with Crippen LogP contribution in [-0.2, 0) is 43.5 Å². The Hall–Kier alpha value is -0.617. The zero-order valence-electron chi connectivity index (χ0n) is 21.5. The first-order valence-electron chi connectivity index (χ1n) is 11.5. The maximum atomic E-state index is 3.67. The molecule has 2 aliphatic carbocycles. The molecule has 0 saturated carbocycles. The summed E-state index contributed by atoms with van der Waals surface area (Å²) in [5.41, 5.74) is 11.7. The fourth-order valence-electron chi connectivity index (χ4n) is 4.27. The fourth-order valence-corrected chi connectivity index (χ4v) is 4.27. The van der Waals surface area contributed by atoms with E-state index in [1.54, 1.807) is 0 Å². The molecule has 0 radical (unpaired) electrons. The van der Waals surface area contributed by atoms with Crippen molar-refractivity contribution >= 4 is 0 Å². The van der Waals surface area contributed by atoms with Crippen LogP contribution in [0.5, 0.6) is 0 Å². The van der Waals surface area contributed by atoms with Crippen molar-refractivity contribution in [3.8, 4) is 11.1 Å². The van der Waals surface area contributed by atoms with Crippen molar-refractivity contribution in [2.75, 3.05) is 0 Å². The molecule has 0 spiro atoms. The molecule has 2 aromatic carbocycles. The van der Waals surface area contributed by atoms with Crippen LogP contribution in [0.2, 0.25) is 0 Å². The first-order valence-corrected chi connectivity index (χ1v) is 11.5. The molecule has 0 fully saturated rings. The van der Waals surface area contributed by atoms with Gasteiger partial charge in [0, 0.05) is 0 Å². The monoisotopic (exact) mass is 558 g/mol. The van der Waals surface area contributed by atoms with Gasteiger partial charge in [-0.15, -0.1) is 17.5 Å². The summed E-state index contributed by atoms with van der Waals surface area (Å²) in [5.74, 6) is 0.